The molecule has 1 atom stereocenters. The summed E-state index contributed by atoms with van der Waals surface area (Å²) in [6.45, 7) is 11.9. The van der Waals surface area contributed by atoms with Crippen LogP contribution in [0.2, 0.25) is 0 Å². The molecule has 0 aliphatic heterocycles. The van der Waals surface area contributed by atoms with Crippen molar-refractivity contribution in [3.63, 3.8) is 0 Å². The molecule has 3 heteroatoms. The highest BCUT2D eigenvalue weighted by molar-refractivity contribution is 5.51. The molecule has 0 saturated heterocycles. The minimum Gasteiger partial charge on any atom is -0.380 e. The fourth-order valence-corrected chi connectivity index (χ4v) is 2.24. The molecule has 0 aliphatic rings. The molecule has 108 valence electrons. The van der Waals surface area contributed by atoms with E-state index in [4.69, 9.17) is 10.5 Å². The number of hydrogen-bond acceptors (Lipinski definition) is 3. The maximum Gasteiger partial charge on any atom is 0.0641 e. The lowest BCUT2D eigenvalue weighted by Crippen LogP contribution is -2.27. The summed E-state index contributed by atoms with van der Waals surface area (Å²) in [5.74, 6) is 0. The van der Waals surface area contributed by atoms with Crippen LogP contribution < -0.4 is 10.6 Å². The zero-order valence-electron chi connectivity index (χ0n) is 12.8. The Hall–Kier alpha value is -1.06. The number of rotatable bonds is 8. The third-order valence-corrected chi connectivity index (χ3v) is 3.32. The zero-order valence-corrected chi connectivity index (χ0v) is 12.8. The molecule has 0 fully saturated rings. The smallest absolute Gasteiger partial charge is 0.0641 e. The lowest BCUT2D eigenvalue weighted by molar-refractivity contribution is 0.154. The van der Waals surface area contributed by atoms with Gasteiger partial charge in [-0.2, -0.15) is 0 Å². The quantitative estimate of drug-likeness (QED) is 0.734. The Labute approximate surface area is 117 Å². The molecule has 0 heterocycles. The van der Waals surface area contributed by atoms with Crippen molar-refractivity contribution in [1.29, 1.82) is 0 Å². The highest BCUT2D eigenvalue weighted by atomic mass is 16.5. The van der Waals surface area contributed by atoms with E-state index in [0.717, 1.165) is 32.7 Å². The molecule has 1 aromatic carbocycles. The molecule has 1 rings (SSSR count). The summed E-state index contributed by atoms with van der Waals surface area (Å²) in [4.78, 5) is 2.35. The topological polar surface area (TPSA) is 38.5 Å². The van der Waals surface area contributed by atoms with Gasteiger partial charge in [0.25, 0.3) is 0 Å². The van der Waals surface area contributed by atoms with Crippen LogP contribution in [-0.4, -0.2) is 32.3 Å². The van der Waals surface area contributed by atoms with Gasteiger partial charge in [0.05, 0.1) is 6.61 Å². The summed E-state index contributed by atoms with van der Waals surface area (Å²) < 4.78 is 5.44. The second-order valence-corrected chi connectivity index (χ2v) is 5.07. The molecule has 0 saturated carbocycles. The number of benzene rings is 1. The Bertz CT molecular complexity index is 377. The molecule has 1 unspecified atom stereocenters. The molecule has 19 heavy (non-hydrogen) atoms. The highest BCUT2D eigenvalue weighted by Crippen LogP contribution is 2.20. The van der Waals surface area contributed by atoms with Gasteiger partial charge in [0.15, 0.2) is 0 Å². The summed E-state index contributed by atoms with van der Waals surface area (Å²) in [6.07, 6.45) is 0.942. The maximum atomic E-state index is 5.87. The molecule has 0 spiro atoms. The van der Waals surface area contributed by atoms with Crippen molar-refractivity contribution < 1.29 is 4.74 Å². The first kappa shape index (κ1) is 16.0. The summed E-state index contributed by atoms with van der Waals surface area (Å²) in [5, 5.41) is 0. The molecular weight excluding hydrogens is 236 g/mol. The van der Waals surface area contributed by atoms with Crippen molar-refractivity contribution in [2.24, 2.45) is 5.73 Å². The summed E-state index contributed by atoms with van der Waals surface area (Å²) in [7, 11) is 0. The van der Waals surface area contributed by atoms with Crippen molar-refractivity contribution in [3.8, 4) is 0 Å². The normalized spacial score (nSPS) is 12.5. The standard InChI is InChI=1S/C16H28N2O/c1-5-18(9-10-19-6-2)16-8-7-15(12-14(4)17)13(3)11-16/h7-8,11,14H,5-6,9-10,12,17H2,1-4H3. The molecule has 0 amide bonds. The predicted octanol–water partition coefficient (Wildman–Crippen LogP) is 2.75. The predicted molar refractivity (Wildman–Crippen MR) is 82.9 cm³/mol. The van der Waals surface area contributed by atoms with Crippen LogP contribution >= 0.6 is 0 Å². The Morgan fingerprint density at radius 1 is 1.32 bits per heavy atom. The average molecular weight is 264 g/mol. The van der Waals surface area contributed by atoms with Gasteiger partial charge in [-0.3, -0.25) is 0 Å². The van der Waals surface area contributed by atoms with Crippen LogP contribution in [0.5, 0.6) is 0 Å². The van der Waals surface area contributed by atoms with E-state index in [1.807, 2.05) is 13.8 Å². The van der Waals surface area contributed by atoms with Gasteiger partial charge in [-0.05, 0) is 57.4 Å². The van der Waals surface area contributed by atoms with Gasteiger partial charge >= 0.3 is 0 Å². The van der Waals surface area contributed by atoms with Gasteiger partial charge in [0, 0.05) is 31.4 Å². The average Bonchev–Trinajstić information content (AvgIpc) is 2.37. The van der Waals surface area contributed by atoms with Crippen LogP contribution in [0.4, 0.5) is 5.69 Å². The third-order valence-electron chi connectivity index (χ3n) is 3.32. The number of nitrogens with two attached hydrogens (primary N) is 1. The summed E-state index contributed by atoms with van der Waals surface area (Å²) >= 11 is 0. The second kappa shape index (κ2) is 8.18. The Kier molecular flexibility index (Phi) is 6.89. The van der Waals surface area contributed by atoms with Crippen molar-refractivity contribution in [2.45, 2.75) is 40.2 Å². The number of nitrogens with zero attached hydrogens (tertiary/aromatic N) is 1. The lowest BCUT2D eigenvalue weighted by Gasteiger charge is -2.24. The fraction of sp³-hybridized carbons (Fsp3) is 0.625. The number of likely N-dealkylation sites (N-methyl/N-ethyl adjacent to an activating group) is 1. The number of anilines is 1. The largest absolute Gasteiger partial charge is 0.380 e. The van der Waals surface area contributed by atoms with Crippen LogP contribution in [0.3, 0.4) is 0 Å². The van der Waals surface area contributed by atoms with Gasteiger partial charge in [0.2, 0.25) is 0 Å². The highest BCUT2D eigenvalue weighted by Gasteiger charge is 2.07. The number of aryl methyl sites for hydroxylation is 1. The van der Waals surface area contributed by atoms with E-state index < -0.39 is 0 Å². The van der Waals surface area contributed by atoms with Crippen LogP contribution in [0, 0.1) is 6.92 Å². The van der Waals surface area contributed by atoms with E-state index in [-0.39, 0.29) is 6.04 Å². The second-order valence-electron chi connectivity index (χ2n) is 5.07. The first-order valence-corrected chi connectivity index (χ1v) is 7.26. The van der Waals surface area contributed by atoms with E-state index in [1.165, 1.54) is 16.8 Å². The minimum absolute atomic E-state index is 0.213. The van der Waals surface area contributed by atoms with Crippen LogP contribution in [-0.2, 0) is 11.2 Å². The van der Waals surface area contributed by atoms with Crippen LogP contribution in [0.25, 0.3) is 0 Å². The monoisotopic (exact) mass is 264 g/mol. The van der Waals surface area contributed by atoms with E-state index in [1.54, 1.807) is 0 Å². The molecule has 3 nitrogen and oxygen atoms in total. The first-order valence-electron chi connectivity index (χ1n) is 7.26. The van der Waals surface area contributed by atoms with Gasteiger partial charge in [-0.1, -0.05) is 6.07 Å². The van der Waals surface area contributed by atoms with Crippen LogP contribution in [0.15, 0.2) is 18.2 Å². The molecule has 0 bridgehead atoms. The van der Waals surface area contributed by atoms with Crippen molar-refractivity contribution in [3.05, 3.63) is 29.3 Å². The van der Waals surface area contributed by atoms with Crippen molar-refractivity contribution in [1.82, 2.24) is 0 Å². The van der Waals surface area contributed by atoms with Gasteiger partial charge in [0.1, 0.15) is 0 Å². The van der Waals surface area contributed by atoms with Gasteiger partial charge in [-0.25, -0.2) is 0 Å². The summed E-state index contributed by atoms with van der Waals surface area (Å²) in [5.41, 5.74) is 9.81. The molecule has 0 aliphatic carbocycles. The van der Waals surface area contributed by atoms with Crippen molar-refractivity contribution >= 4 is 5.69 Å². The SMILES string of the molecule is CCOCCN(CC)c1ccc(CC(C)N)c(C)c1. The molecule has 0 radical (unpaired) electrons. The van der Waals surface area contributed by atoms with Gasteiger partial charge in [-0.15, -0.1) is 0 Å². The van der Waals surface area contributed by atoms with Crippen molar-refractivity contribution in [2.75, 3.05) is 31.2 Å². The molecule has 0 aromatic heterocycles. The summed E-state index contributed by atoms with van der Waals surface area (Å²) in [6, 6.07) is 6.87. The first-order chi connectivity index (χ1) is 9.08. The molecule has 2 N–H and O–H groups in total. The van der Waals surface area contributed by atoms with E-state index in [9.17, 15) is 0 Å². The molecule has 1 aromatic rings. The molecular formula is C16H28N2O. The van der Waals surface area contributed by atoms with E-state index in [0.29, 0.717) is 0 Å². The van der Waals surface area contributed by atoms with E-state index in [2.05, 4.69) is 36.9 Å². The zero-order chi connectivity index (χ0) is 14.3. The fourth-order valence-electron chi connectivity index (χ4n) is 2.24. The Balaban J connectivity index is 2.73. The minimum atomic E-state index is 0.213. The van der Waals surface area contributed by atoms with E-state index >= 15 is 0 Å². The third kappa shape index (κ3) is 5.21. The van der Waals surface area contributed by atoms with Crippen LogP contribution in [0.1, 0.15) is 31.9 Å². The van der Waals surface area contributed by atoms with Gasteiger partial charge < -0.3 is 15.4 Å². The number of ether oxygens (including phenoxy) is 1. The number of hydrogen-bond donors (Lipinski definition) is 1. The maximum absolute atomic E-state index is 5.87. The Morgan fingerprint density at radius 2 is 2.05 bits per heavy atom. The lowest BCUT2D eigenvalue weighted by atomic mass is 10.0. The Morgan fingerprint density at radius 3 is 2.58 bits per heavy atom.